The van der Waals surface area contributed by atoms with Crippen LogP contribution in [0.1, 0.15) is 10.5 Å². The third-order valence-corrected chi connectivity index (χ3v) is 4.17. The van der Waals surface area contributed by atoms with Gasteiger partial charge in [0.05, 0.1) is 12.8 Å². The zero-order valence-electron chi connectivity index (χ0n) is 13.9. The molecule has 5 heteroatoms. The number of hydrogen-bond acceptors (Lipinski definition) is 4. The number of benzene rings is 2. The number of carbonyl (C=O) groups excluding carboxylic acids is 1. The van der Waals surface area contributed by atoms with Crippen molar-refractivity contribution in [3.05, 3.63) is 66.4 Å². The molecule has 5 nitrogen and oxygen atoms in total. The normalized spacial score (nSPS) is 11.0. The molecule has 0 unspecified atom stereocenters. The number of para-hydroxylation sites is 1. The Kier molecular flexibility index (Phi) is 3.61. The van der Waals surface area contributed by atoms with Crippen LogP contribution >= 0.6 is 0 Å². The minimum atomic E-state index is -0.414. The molecule has 0 spiro atoms. The van der Waals surface area contributed by atoms with Crippen LogP contribution in [0, 0.1) is 0 Å². The average molecular weight is 332 g/mol. The Labute approximate surface area is 144 Å². The number of fused-ring (bicyclic) bond motifs is 1. The van der Waals surface area contributed by atoms with Gasteiger partial charge in [0.1, 0.15) is 17.0 Å². The predicted octanol–water partition coefficient (Wildman–Crippen LogP) is 4.29. The van der Waals surface area contributed by atoms with Gasteiger partial charge >= 0.3 is 5.97 Å². The fraction of sp³-hybridized carbons (Fsp3) is 0.100. The van der Waals surface area contributed by atoms with E-state index in [-0.39, 0.29) is 0 Å². The molecule has 0 saturated heterocycles. The van der Waals surface area contributed by atoms with Crippen molar-refractivity contribution in [3.63, 3.8) is 0 Å². The van der Waals surface area contributed by atoms with Crippen molar-refractivity contribution in [2.45, 2.75) is 0 Å². The topological polar surface area (TPSA) is 57.3 Å². The summed E-state index contributed by atoms with van der Waals surface area (Å²) < 4.78 is 12.3. The molecular weight excluding hydrogens is 316 g/mol. The molecule has 124 valence electrons. The number of rotatable bonds is 3. The summed E-state index contributed by atoms with van der Waals surface area (Å²) in [7, 11) is 3.08. The Morgan fingerprint density at radius 3 is 2.52 bits per heavy atom. The Morgan fingerprint density at radius 2 is 1.76 bits per heavy atom. The van der Waals surface area contributed by atoms with Crippen LogP contribution in [0.2, 0.25) is 0 Å². The highest BCUT2D eigenvalue weighted by Gasteiger charge is 2.18. The van der Waals surface area contributed by atoms with Gasteiger partial charge in [-0.1, -0.05) is 42.5 Å². The van der Waals surface area contributed by atoms with Crippen LogP contribution < -0.4 is 0 Å². The molecule has 0 fully saturated rings. The maximum Gasteiger partial charge on any atom is 0.356 e. The minimum absolute atomic E-state index is 0.400. The second-order valence-electron chi connectivity index (χ2n) is 5.72. The van der Waals surface area contributed by atoms with E-state index in [0.717, 1.165) is 27.9 Å². The Balaban J connectivity index is 1.86. The molecule has 2 heterocycles. The molecule has 4 aromatic rings. The number of methoxy groups -OCH3 is 1. The first-order valence-electron chi connectivity index (χ1n) is 7.88. The van der Waals surface area contributed by atoms with Crippen LogP contribution in [0.3, 0.4) is 0 Å². The zero-order valence-corrected chi connectivity index (χ0v) is 13.9. The lowest BCUT2D eigenvalue weighted by molar-refractivity contribution is 0.0588. The summed E-state index contributed by atoms with van der Waals surface area (Å²) in [5.74, 6) is 0.351. The number of esters is 1. The summed E-state index contributed by atoms with van der Waals surface area (Å²) in [6, 6.07) is 19.5. The fourth-order valence-electron chi connectivity index (χ4n) is 2.93. The summed E-state index contributed by atoms with van der Waals surface area (Å²) in [6.07, 6.45) is 0. The maximum atomic E-state index is 11.8. The highest BCUT2D eigenvalue weighted by atomic mass is 16.5. The number of aromatic nitrogens is 2. The van der Waals surface area contributed by atoms with Crippen LogP contribution in [0.15, 0.2) is 65.1 Å². The summed E-state index contributed by atoms with van der Waals surface area (Å²) in [6.45, 7) is 0. The van der Waals surface area contributed by atoms with Crippen molar-refractivity contribution in [1.82, 2.24) is 9.78 Å². The molecule has 2 aromatic carbocycles. The quantitative estimate of drug-likeness (QED) is 0.525. The van der Waals surface area contributed by atoms with E-state index >= 15 is 0 Å². The van der Waals surface area contributed by atoms with E-state index in [9.17, 15) is 4.79 Å². The summed E-state index contributed by atoms with van der Waals surface area (Å²) in [4.78, 5) is 11.8. The van der Waals surface area contributed by atoms with Gasteiger partial charge in [0.15, 0.2) is 0 Å². The molecule has 0 atom stereocenters. The van der Waals surface area contributed by atoms with Gasteiger partial charge in [0.25, 0.3) is 0 Å². The van der Waals surface area contributed by atoms with Gasteiger partial charge in [0.2, 0.25) is 0 Å². The third kappa shape index (κ3) is 2.59. The largest absolute Gasteiger partial charge is 0.464 e. The Bertz CT molecular complexity index is 1040. The second kappa shape index (κ2) is 5.94. The average Bonchev–Trinajstić information content (AvgIpc) is 3.24. The third-order valence-electron chi connectivity index (χ3n) is 4.17. The summed E-state index contributed by atoms with van der Waals surface area (Å²) in [5, 5.41) is 5.51. The van der Waals surface area contributed by atoms with Gasteiger partial charge in [-0.3, -0.25) is 4.68 Å². The molecule has 2 aromatic heterocycles. The molecular formula is C20H16N2O3. The van der Waals surface area contributed by atoms with Crippen molar-refractivity contribution < 1.29 is 13.9 Å². The first-order valence-corrected chi connectivity index (χ1v) is 7.88. The first-order chi connectivity index (χ1) is 12.2. The lowest BCUT2D eigenvalue weighted by atomic mass is 10.0. The van der Waals surface area contributed by atoms with Gasteiger partial charge in [-0.2, -0.15) is 5.10 Å². The number of hydrogen-bond donors (Lipinski definition) is 0. The van der Waals surface area contributed by atoms with E-state index in [4.69, 9.17) is 9.15 Å². The van der Waals surface area contributed by atoms with E-state index in [1.807, 2.05) is 54.6 Å². The molecule has 0 saturated carbocycles. The highest BCUT2D eigenvalue weighted by molar-refractivity contribution is 5.91. The second-order valence-corrected chi connectivity index (χ2v) is 5.72. The molecule has 0 amide bonds. The maximum absolute atomic E-state index is 11.8. The molecule has 0 N–H and O–H groups in total. The van der Waals surface area contributed by atoms with Crippen LogP contribution in [-0.2, 0) is 11.8 Å². The molecule has 0 aliphatic heterocycles. The smallest absolute Gasteiger partial charge is 0.356 e. The molecule has 0 aliphatic carbocycles. The lowest BCUT2D eigenvalue weighted by Gasteiger charge is -2.04. The van der Waals surface area contributed by atoms with Crippen LogP contribution in [-0.4, -0.2) is 22.9 Å². The first kappa shape index (κ1) is 15.2. The van der Waals surface area contributed by atoms with Gasteiger partial charge in [-0.05, 0) is 18.2 Å². The zero-order chi connectivity index (χ0) is 17.4. The predicted molar refractivity (Wildman–Crippen MR) is 95.2 cm³/mol. The highest BCUT2D eigenvalue weighted by Crippen LogP contribution is 2.34. The van der Waals surface area contributed by atoms with Gasteiger partial charge in [-0.15, -0.1) is 0 Å². The van der Waals surface area contributed by atoms with E-state index in [2.05, 4.69) is 5.10 Å². The number of ether oxygens (including phenoxy) is 1. The van der Waals surface area contributed by atoms with Crippen LogP contribution in [0.4, 0.5) is 0 Å². The van der Waals surface area contributed by atoms with E-state index in [0.29, 0.717) is 11.4 Å². The SMILES string of the molecule is COC(=O)c1cc(-c2ccccc2-c2cc3ccccc3o2)nn1C. The molecule has 0 bridgehead atoms. The van der Waals surface area contributed by atoms with Crippen molar-refractivity contribution in [2.75, 3.05) is 7.11 Å². The molecule has 4 rings (SSSR count). The molecule has 0 aliphatic rings. The van der Waals surface area contributed by atoms with Crippen molar-refractivity contribution in [3.8, 4) is 22.6 Å². The molecule has 25 heavy (non-hydrogen) atoms. The number of furan rings is 1. The van der Waals surface area contributed by atoms with Gasteiger partial charge in [0, 0.05) is 23.6 Å². The van der Waals surface area contributed by atoms with E-state index in [1.165, 1.54) is 11.8 Å². The summed E-state index contributed by atoms with van der Waals surface area (Å²) >= 11 is 0. The summed E-state index contributed by atoms with van der Waals surface area (Å²) in [5.41, 5.74) is 3.75. The number of carbonyl (C=O) groups is 1. The van der Waals surface area contributed by atoms with Gasteiger partial charge in [-0.25, -0.2) is 4.79 Å². The molecule has 0 radical (unpaired) electrons. The van der Waals surface area contributed by atoms with Crippen molar-refractivity contribution >= 4 is 16.9 Å². The Hall–Kier alpha value is -3.34. The van der Waals surface area contributed by atoms with E-state index in [1.54, 1.807) is 13.1 Å². The van der Waals surface area contributed by atoms with Crippen molar-refractivity contribution in [1.29, 1.82) is 0 Å². The fourth-order valence-corrected chi connectivity index (χ4v) is 2.93. The van der Waals surface area contributed by atoms with Crippen LogP contribution in [0.25, 0.3) is 33.6 Å². The van der Waals surface area contributed by atoms with Gasteiger partial charge < -0.3 is 9.15 Å². The minimum Gasteiger partial charge on any atom is -0.464 e. The van der Waals surface area contributed by atoms with Crippen LogP contribution in [0.5, 0.6) is 0 Å². The standard InChI is InChI=1S/C20H16N2O3/c1-22-17(20(23)24-2)12-16(21-22)14-8-4-5-9-15(14)19-11-13-7-3-6-10-18(13)25-19/h3-12H,1-2H3. The van der Waals surface area contributed by atoms with E-state index < -0.39 is 5.97 Å². The number of nitrogens with zero attached hydrogens (tertiary/aromatic N) is 2. The lowest BCUT2D eigenvalue weighted by Crippen LogP contribution is -2.07. The number of aryl methyl sites for hydroxylation is 1. The monoisotopic (exact) mass is 332 g/mol. The van der Waals surface area contributed by atoms with Crippen molar-refractivity contribution in [2.24, 2.45) is 7.05 Å². The Morgan fingerprint density at radius 1 is 1.04 bits per heavy atom.